The molecule has 25 heavy (non-hydrogen) atoms. The molecule has 0 aromatic carbocycles. The standard InChI is InChI=1S/C17H21ClO7/c1-6-8-5-9(23-7(2)19)16(4,21)17(22)11(10(8)24-14(6)20)15(3)13(25-15)12(17)18/h8-13,21-22H,1,5H2,2-4H3/t8?,9-,10+,11+,12+,13+,15-,16-,17+/m1/s1. The number of epoxide rings is 1. The SMILES string of the molecule is C=C1C(=O)O[C@H]2C1C[C@@H](OC(C)=O)[C@@](C)(O)[C@@]1(O)[C@@H](Cl)[C@@H]3O[C@]3(C)[C@H]21. The Morgan fingerprint density at radius 2 is 2.04 bits per heavy atom. The number of hydrogen-bond acceptors (Lipinski definition) is 7. The van der Waals surface area contributed by atoms with Crippen LogP contribution in [0.5, 0.6) is 0 Å². The maximum Gasteiger partial charge on any atom is 0.334 e. The summed E-state index contributed by atoms with van der Waals surface area (Å²) in [5.74, 6) is -2.43. The second kappa shape index (κ2) is 4.76. The molecule has 2 heterocycles. The Morgan fingerprint density at radius 3 is 2.64 bits per heavy atom. The highest BCUT2D eigenvalue weighted by Crippen LogP contribution is 2.67. The molecule has 9 atom stereocenters. The van der Waals surface area contributed by atoms with Gasteiger partial charge >= 0.3 is 11.9 Å². The third kappa shape index (κ3) is 1.87. The molecule has 0 bridgehead atoms. The van der Waals surface area contributed by atoms with Crippen molar-refractivity contribution < 1.29 is 34.0 Å². The summed E-state index contributed by atoms with van der Waals surface area (Å²) in [5.41, 5.74) is -4.31. The van der Waals surface area contributed by atoms with E-state index in [4.69, 9.17) is 25.8 Å². The van der Waals surface area contributed by atoms with Gasteiger partial charge in [0.2, 0.25) is 0 Å². The molecule has 2 aliphatic heterocycles. The Labute approximate surface area is 149 Å². The van der Waals surface area contributed by atoms with Crippen LogP contribution in [-0.4, -0.2) is 62.6 Å². The molecule has 4 rings (SSSR count). The Hall–Kier alpha value is -1.15. The van der Waals surface area contributed by atoms with Crippen LogP contribution in [0.25, 0.3) is 0 Å². The summed E-state index contributed by atoms with van der Waals surface area (Å²) in [4.78, 5) is 23.7. The van der Waals surface area contributed by atoms with Crippen molar-refractivity contribution in [1.29, 1.82) is 0 Å². The third-order valence-electron chi connectivity index (χ3n) is 6.56. The van der Waals surface area contributed by atoms with E-state index in [1.54, 1.807) is 6.92 Å². The van der Waals surface area contributed by atoms with E-state index in [0.29, 0.717) is 0 Å². The van der Waals surface area contributed by atoms with Crippen LogP contribution in [0.1, 0.15) is 27.2 Å². The van der Waals surface area contributed by atoms with Crippen LogP contribution in [0.15, 0.2) is 12.2 Å². The van der Waals surface area contributed by atoms with Gasteiger partial charge in [-0.15, -0.1) is 11.6 Å². The van der Waals surface area contributed by atoms with Gasteiger partial charge in [0.05, 0.1) is 11.3 Å². The number of halogens is 1. The van der Waals surface area contributed by atoms with Crippen LogP contribution in [0, 0.1) is 11.8 Å². The van der Waals surface area contributed by atoms with Crippen molar-refractivity contribution in [2.75, 3.05) is 0 Å². The lowest BCUT2D eigenvalue weighted by Crippen LogP contribution is -2.68. The molecular formula is C17H21ClO7. The first-order chi connectivity index (χ1) is 11.5. The summed E-state index contributed by atoms with van der Waals surface area (Å²) >= 11 is 6.49. The average Bonchev–Trinajstić information content (AvgIpc) is 3.07. The zero-order chi connectivity index (χ0) is 18.5. The number of aliphatic hydroxyl groups is 2. The van der Waals surface area contributed by atoms with Crippen molar-refractivity contribution in [1.82, 2.24) is 0 Å². The van der Waals surface area contributed by atoms with Crippen LogP contribution < -0.4 is 0 Å². The highest BCUT2D eigenvalue weighted by Gasteiger charge is 2.84. The molecule has 0 spiro atoms. The predicted molar refractivity (Wildman–Crippen MR) is 84.7 cm³/mol. The van der Waals surface area contributed by atoms with Gasteiger partial charge in [-0.1, -0.05) is 6.58 Å². The molecule has 0 aromatic heterocycles. The van der Waals surface area contributed by atoms with E-state index in [9.17, 15) is 19.8 Å². The number of carbonyl (C=O) groups is 2. The molecular weight excluding hydrogens is 352 g/mol. The summed E-state index contributed by atoms with van der Waals surface area (Å²) in [7, 11) is 0. The largest absolute Gasteiger partial charge is 0.459 e. The Kier molecular flexibility index (Phi) is 3.29. The summed E-state index contributed by atoms with van der Waals surface area (Å²) in [5, 5.41) is 21.9. The lowest BCUT2D eigenvalue weighted by atomic mass is 9.70. The van der Waals surface area contributed by atoms with Gasteiger partial charge in [-0.25, -0.2) is 4.79 Å². The summed E-state index contributed by atoms with van der Waals surface area (Å²) in [6, 6.07) is 0. The minimum absolute atomic E-state index is 0.102. The van der Waals surface area contributed by atoms with Crippen LogP contribution in [0.4, 0.5) is 0 Å². The molecule has 138 valence electrons. The monoisotopic (exact) mass is 372 g/mol. The smallest absolute Gasteiger partial charge is 0.334 e. The van der Waals surface area contributed by atoms with Gasteiger partial charge in [0.1, 0.15) is 35.1 Å². The molecule has 4 fully saturated rings. The third-order valence-corrected chi connectivity index (χ3v) is 7.12. The summed E-state index contributed by atoms with van der Waals surface area (Å²) in [6.07, 6.45) is -2.21. The molecule has 4 aliphatic rings. The number of fused-ring (bicyclic) bond motifs is 5. The van der Waals surface area contributed by atoms with Gasteiger partial charge in [0, 0.05) is 18.4 Å². The number of rotatable bonds is 1. The molecule has 2 aliphatic carbocycles. The van der Waals surface area contributed by atoms with Crippen molar-refractivity contribution in [2.45, 2.75) is 67.7 Å². The summed E-state index contributed by atoms with van der Waals surface area (Å²) in [6.45, 7) is 8.20. The maximum atomic E-state index is 12.1. The number of carbonyl (C=O) groups excluding carboxylic acids is 2. The number of hydrogen-bond donors (Lipinski definition) is 2. The molecule has 7 nitrogen and oxygen atoms in total. The van der Waals surface area contributed by atoms with E-state index >= 15 is 0 Å². The van der Waals surface area contributed by atoms with Gasteiger partial charge in [0.25, 0.3) is 0 Å². The van der Waals surface area contributed by atoms with E-state index in [2.05, 4.69) is 6.58 Å². The molecule has 0 amide bonds. The Balaban J connectivity index is 1.88. The first-order valence-electron chi connectivity index (χ1n) is 8.30. The van der Waals surface area contributed by atoms with Gasteiger partial charge < -0.3 is 24.4 Å². The van der Waals surface area contributed by atoms with Gasteiger partial charge in [-0.2, -0.15) is 0 Å². The minimum atomic E-state index is -1.86. The molecule has 1 unspecified atom stereocenters. The lowest BCUT2D eigenvalue weighted by molar-refractivity contribution is -0.232. The number of alkyl halides is 1. The number of ether oxygens (including phenoxy) is 3. The second-order valence-electron chi connectivity index (χ2n) is 7.91. The molecule has 2 saturated carbocycles. The Morgan fingerprint density at radius 1 is 1.40 bits per heavy atom. The second-order valence-corrected chi connectivity index (χ2v) is 8.38. The highest BCUT2D eigenvalue weighted by atomic mass is 35.5. The fourth-order valence-corrected chi connectivity index (χ4v) is 5.80. The van der Waals surface area contributed by atoms with E-state index in [1.807, 2.05) is 0 Å². The number of esters is 2. The van der Waals surface area contributed by atoms with E-state index in [0.717, 1.165) is 0 Å². The average molecular weight is 373 g/mol. The van der Waals surface area contributed by atoms with Crippen LogP contribution in [-0.2, 0) is 23.8 Å². The van der Waals surface area contributed by atoms with Gasteiger partial charge in [-0.3, -0.25) is 4.79 Å². The van der Waals surface area contributed by atoms with Gasteiger partial charge in [0.15, 0.2) is 0 Å². The quantitative estimate of drug-likeness (QED) is 0.295. The van der Waals surface area contributed by atoms with Crippen LogP contribution >= 0.6 is 11.6 Å². The minimum Gasteiger partial charge on any atom is -0.459 e. The molecule has 2 N–H and O–H groups in total. The zero-order valence-corrected chi connectivity index (χ0v) is 14.9. The normalized spacial score (nSPS) is 56.4. The molecule has 0 aromatic rings. The maximum absolute atomic E-state index is 12.1. The zero-order valence-electron chi connectivity index (χ0n) is 14.2. The Bertz CT molecular complexity index is 690. The fourth-order valence-electron chi connectivity index (χ4n) is 5.14. The first kappa shape index (κ1) is 17.3. The molecule has 0 radical (unpaired) electrons. The van der Waals surface area contributed by atoms with Crippen molar-refractivity contribution in [3.63, 3.8) is 0 Å². The van der Waals surface area contributed by atoms with E-state index in [-0.39, 0.29) is 12.0 Å². The van der Waals surface area contributed by atoms with Crippen molar-refractivity contribution in [2.24, 2.45) is 11.8 Å². The van der Waals surface area contributed by atoms with Crippen molar-refractivity contribution in [3.8, 4) is 0 Å². The van der Waals surface area contributed by atoms with Crippen LogP contribution in [0.2, 0.25) is 0 Å². The molecule has 8 heteroatoms. The van der Waals surface area contributed by atoms with E-state index in [1.165, 1.54) is 13.8 Å². The highest BCUT2D eigenvalue weighted by molar-refractivity contribution is 6.22. The first-order valence-corrected chi connectivity index (χ1v) is 8.73. The molecule has 2 saturated heterocycles. The van der Waals surface area contributed by atoms with Crippen LogP contribution in [0.3, 0.4) is 0 Å². The topological polar surface area (TPSA) is 106 Å². The predicted octanol–water partition coefficient (Wildman–Crippen LogP) is 0.296. The van der Waals surface area contributed by atoms with Gasteiger partial charge in [-0.05, 0) is 20.3 Å². The van der Waals surface area contributed by atoms with Crippen molar-refractivity contribution in [3.05, 3.63) is 12.2 Å². The van der Waals surface area contributed by atoms with Crippen molar-refractivity contribution >= 4 is 23.5 Å². The lowest BCUT2D eigenvalue weighted by Gasteiger charge is -2.48. The fraction of sp³-hybridized carbons (Fsp3) is 0.765. The van der Waals surface area contributed by atoms with E-state index < -0.39 is 64.3 Å². The summed E-state index contributed by atoms with van der Waals surface area (Å²) < 4.78 is 16.5.